The van der Waals surface area contributed by atoms with Gasteiger partial charge in [0.15, 0.2) is 18.2 Å². The largest absolute Gasteiger partial charge is 0.480 e. The molecule has 0 unspecified atom stereocenters. The molecule has 0 saturated heterocycles. The van der Waals surface area contributed by atoms with Crippen molar-refractivity contribution in [3.8, 4) is 5.75 Å². The Kier molecular flexibility index (Phi) is 5.58. The molecule has 0 aliphatic carbocycles. The first kappa shape index (κ1) is 14.4. The summed E-state index contributed by atoms with van der Waals surface area (Å²) in [5.41, 5.74) is 6.14. The van der Waals surface area contributed by atoms with Crippen LogP contribution in [0.15, 0.2) is 18.2 Å². The van der Waals surface area contributed by atoms with E-state index in [0.29, 0.717) is 25.1 Å². The van der Waals surface area contributed by atoms with Crippen LogP contribution in [0, 0.1) is 5.82 Å². The number of benzene rings is 1. The van der Waals surface area contributed by atoms with Crippen LogP contribution < -0.4 is 10.5 Å². The zero-order valence-electron chi connectivity index (χ0n) is 10.8. The van der Waals surface area contributed by atoms with Gasteiger partial charge in [-0.25, -0.2) is 4.39 Å². The standard InChI is InChI=1S/C13H19FN2O2/c1-3-16(2)12(17)9-18-13-10(7-8-15)5-4-6-11(13)14/h4-6H,3,7-9,15H2,1-2H3. The van der Waals surface area contributed by atoms with E-state index >= 15 is 0 Å². The minimum absolute atomic E-state index is 0.126. The lowest BCUT2D eigenvalue weighted by molar-refractivity contribution is -0.131. The van der Waals surface area contributed by atoms with Gasteiger partial charge in [0.05, 0.1) is 0 Å². The Labute approximate surface area is 107 Å². The molecule has 0 saturated carbocycles. The van der Waals surface area contributed by atoms with E-state index in [4.69, 9.17) is 10.5 Å². The van der Waals surface area contributed by atoms with Crippen molar-refractivity contribution in [2.24, 2.45) is 5.73 Å². The summed E-state index contributed by atoms with van der Waals surface area (Å²) in [7, 11) is 1.67. The molecule has 0 aromatic heterocycles. The number of rotatable bonds is 6. The van der Waals surface area contributed by atoms with Gasteiger partial charge in [0.25, 0.3) is 5.91 Å². The number of halogens is 1. The molecular weight excluding hydrogens is 235 g/mol. The van der Waals surface area contributed by atoms with Gasteiger partial charge in [-0.3, -0.25) is 4.79 Å². The number of hydrogen-bond acceptors (Lipinski definition) is 3. The summed E-state index contributed by atoms with van der Waals surface area (Å²) in [4.78, 5) is 13.1. The van der Waals surface area contributed by atoms with E-state index in [9.17, 15) is 9.18 Å². The molecule has 0 spiro atoms. The number of amides is 1. The maximum absolute atomic E-state index is 13.6. The van der Waals surface area contributed by atoms with Crippen LogP contribution >= 0.6 is 0 Å². The molecule has 2 N–H and O–H groups in total. The lowest BCUT2D eigenvalue weighted by Gasteiger charge is -2.16. The fourth-order valence-electron chi connectivity index (χ4n) is 1.49. The monoisotopic (exact) mass is 254 g/mol. The lowest BCUT2D eigenvalue weighted by Crippen LogP contribution is -2.31. The molecule has 0 fully saturated rings. The van der Waals surface area contributed by atoms with Crippen LogP contribution in [0.5, 0.6) is 5.75 Å². The number of carbonyl (C=O) groups excluding carboxylic acids is 1. The van der Waals surface area contributed by atoms with Crippen LogP contribution in [-0.4, -0.2) is 37.6 Å². The van der Waals surface area contributed by atoms with Crippen molar-refractivity contribution in [1.29, 1.82) is 0 Å². The second kappa shape index (κ2) is 6.96. The third-order valence-electron chi connectivity index (χ3n) is 2.70. The van der Waals surface area contributed by atoms with Gasteiger partial charge in [0, 0.05) is 13.6 Å². The Morgan fingerprint density at radius 2 is 2.22 bits per heavy atom. The highest BCUT2D eigenvalue weighted by molar-refractivity contribution is 5.77. The molecule has 18 heavy (non-hydrogen) atoms. The number of nitrogens with zero attached hydrogens (tertiary/aromatic N) is 1. The minimum atomic E-state index is -0.465. The summed E-state index contributed by atoms with van der Waals surface area (Å²) in [6.07, 6.45) is 0.519. The highest BCUT2D eigenvalue weighted by atomic mass is 19.1. The Morgan fingerprint density at radius 3 is 2.83 bits per heavy atom. The molecule has 0 radical (unpaired) electrons. The van der Waals surface area contributed by atoms with E-state index in [1.807, 2.05) is 6.92 Å². The van der Waals surface area contributed by atoms with E-state index in [1.54, 1.807) is 19.2 Å². The van der Waals surface area contributed by atoms with Crippen LogP contribution in [0.3, 0.4) is 0 Å². The van der Waals surface area contributed by atoms with Gasteiger partial charge in [0.1, 0.15) is 0 Å². The van der Waals surface area contributed by atoms with Crippen LogP contribution in [-0.2, 0) is 11.2 Å². The number of likely N-dealkylation sites (N-methyl/N-ethyl adjacent to an activating group) is 1. The average molecular weight is 254 g/mol. The number of para-hydroxylation sites is 1. The number of nitrogens with two attached hydrogens (primary N) is 1. The molecule has 0 heterocycles. The second-order valence-corrected chi connectivity index (χ2v) is 3.96. The summed E-state index contributed by atoms with van der Waals surface area (Å²) in [5.74, 6) is -0.520. The van der Waals surface area contributed by atoms with E-state index in [2.05, 4.69) is 0 Å². The van der Waals surface area contributed by atoms with E-state index < -0.39 is 5.82 Å². The maximum Gasteiger partial charge on any atom is 0.260 e. The predicted molar refractivity (Wildman–Crippen MR) is 68.0 cm³/mol. The van der Waals surface area contributed by atoms with Gasteiger partial charge >= 0.3 is 0 Å². The number of hydrogen-bond donors (Lipinski definition) is 1. The van der Waals surface area contributed by atoms with Gasteiger partial charge in [-0.15, -0.1) is 0 Å². The van der Waals surface area contributed by atoms with E-state index in [-0.39, 0.29) is 18.3 Å². The van der Waals surface area contributed by atoms with Crippen molar-refractivity contribution < 1.29 is 13.9 Å². The van der Waals surface area contributed by atoms with Crippen molar-refractivity contribution >= 4 is 5.91 Å². The zero-order chi connectivity index (χ0) is 13.5. The van der Waals surface area contributed by atoms with Crippen molar-refractivity contribution in [2.45, 2.75) is 13.3 Å². The average Bonchev–Trinajstić information content (AvgIpc) is 2.37. The first-order chi connectivity index (χ1) is 8.60. The highest BCUT2D eigenvalue weighted by Crippen LogP contribution is 2.22. The molecule has 4 nitrogen and oxygen atoms in total. The lowest BCUT2D eigenvalue weighted by atomic mass is 10.1. The summed E-state index contributed by atoms with van der Waals surface area (Å²) < 4.78 is 18.9. The van der Waals surface area contributed by atoms with Gasteiger partial charge in [0.2, 0.25) is 0 Å². The van der Waals surface area contributed by atoms with Crippen LogP contribution in [0.1, 0.15) is 12.5 Å². The second-order valence-electron chi connectivity index (χ2n) is 3.96. The van der Waals surface area contributed by atoms with Crippen molar-refractivity contribution in [1.82, 2.24) is 4.90 Å². The zero-order valence-corrected chi connectivity index (χ0v) is 10.8. The van der Waals surface area contributed by atoms with Crippen molar-refractivity contribution in [3.63, 3.8) is 0 Å². The minimum Gasteiger partial charge on any atom is -0.480 e. The van der Waals surface area contributed by atoms with Crippen molar-refractivity contribution in [2.75, 3.05) is 26.7 Å². The molecular formula is C13H19FN2O2. The Balaban J connectivity index is 2.74. The van der Waals surface area contributed by atoms with Crippen LogP contribution in [0.25, 0.3) is 0 Å². The van der Waals surface area contributed by atoms with Gasteiger partial charge in [-0.05, 0) is 31.5 Å². The predicted octanol–water partition coefficient (Wildman–Crippen LogP) is 1.18. The molecule has 0 atom stereocenters. The molecule has 1 aromatic rings. The van der Waals surface area contributed by atoms with Gasteiger partial charge in [-0.1, -0.05) is 12.1 Å². The highest BCUT2D eigenvalue weighted by Gasteiger charge is 2.13. The van der Waals surface area contributed by atoms with Gasteiger partial charge < -0.3 is 15.4 Å². The molecule has 0 aliphatic rings. The molecule has 1 aromatic carbocycles. The maximum atomic E-state index is 13.6. The van der Waals surface area contributed by atoms with E-state index in [1.165, 1.54) is 11.0 Å². The molecule has 0 aliphatic heterocycles. The molecule has 0 bridgehead atoms. The Morgan fingerprint density at radius 1 is 1.50 bits per heavy atom. The number of ether oxygens (including phenoxy) is 1. The fraction of sp³-hybridized carbons (Fsp3) is 0.462. The number of carbonyl (C=O) groups is 1. The molecule has 100 valence electrons. The first-order valence-electron chi connectivity index (χ1n) is 5.94. The summed E-state index contributed by atoms with van der Waals surface area (Å²) in [5, 5.41) is 0. The topological polar surface area (TPSA) is 55.6 Å². The molecule has 1 rings (SSSR count). The van der Waals surface area contributed by atoms with Crippen LogP contribution in [0.2, 0.25) is 0 Å². The quantitative estimate of drug-likeness (QED) is 0.829. The molecule has 5 heteroatoms. The molecule has 1 amide bonds. The van der Waals surface area contributed by atoms with Crippen molar-refractivity contribution in [3.05, 3.63) is 29.6 Å². The normalized spacial score (nSPS) is 10.2. The summed E-state index contributed by atoms with van der Waals surface area (Å²) in [6.45, 7) is 2.70. The smallest absolute Gasteiger partial charge is 0.260 e. The van der Waals surface area contributed by atoms with Gasteiger partial charge in [-0.2, -0.15) is 0 Å². The Hall–Kier alpha value is -1.62. The third kappa shape index (κ3) is 3.70. The SMILES string of the molecule is CCN(C)C(=O)COc1c(F)cccc1CCN. The summed E-state index contributed by atoms with van der Waals surface area (Å²) >= 11 is 0. The fourth-order valence-corrected chi connectivity index (χ4v) is 1.49. The first-order valence-corrected chi connectivity index (χ1v) is 5.94. The Bertz CT molecular complexity index is 410. The third-order valence-corrected chi connectivity index (χ3v) is 2.70. The van der Waals surface area contributed by atoms with Crippen LogP contribution in [0.4, 0.5) is 4.39 Å². The van der Waals surface area contributed by atoms with E-state index in [0.717, 1.165) is 0 Å². The summed E-state index contributed by atoms with van der Waals surface area (Å²) in [6, 6.07) is 4.66.